The molecule has 0 bridgehead atoms. The second kappa shape index (κ2) is 3.98. The van der Waals surface area contributed by atoms with Crippen molar-refractivity contribution in [2.24, 2.45) is 0 Å². The van der Waals surface area contributed by atoms with Gasteiger partial charge in [0, 0.05) is 12.2 Å². The van der Waals surface area contributed by atoms with E-state index in [-0.39, 0.29) is 11.5 Å². The standard InChI is InChI=1S/C11H12FNO2/c12-8-6-7(3-4-9(8)13)11(14)10-2-1-5-15-10/h3-4,6,10H,1-2,5,13H2. The van der Waals surface area contributed by atoms with Crippen LogP contribution in [0.5, 0.6) is 0 Å². The van der Waals surface area contributed by atoms with Crippen molar-refractivity contribution >= 4 is 11.5 Å². The summed E-state index contributed by atoms with van der Waals surface area (Å²) in [5, 5.41) is 0. The van der Waals surface area contributed by atoms with Gasteiger partial charge in [0.1, 0.15) is 11.9 Å². The molecule has 1 atom stereocenters. The van der Waals surface area contributed by atoms with Gasteiger partial charge < -0.3 is 10.5 Å². The molecule has 0 radical (unpaired) electrons. The lowest BCUT2D eigenvalue weighted by atomic mass is 10.0. The molecule has 1 aromatic rings. The number of anilines is 1. The Kier molecular flexibility index (Phi) is 2.68. The van der Waals surface area contributed by atoms with Crippen molar-refractivity contribution in [3.05, 3.63) is 29.6 Å². The van der Waals surface area contributed by atoms with E-state index >= 15 is 0 Å². The molecular formula is C11H12FNO2. The van der Waals surface area contributed by atoms with Crippen LogP contribution in [0.1, 0.15) is 23.2 Å². The smallest absolute Gasteiger partial charge is 0.191 e. The zero-order chi connectivity index (χ0) is 10.8. The van der Waals surface area contributed by atoms with Crippen molar-refractivity contribution < 1.29 is 13.9 Å². The van der Waals surface area contributed by atoms with Crippen molar-refractivity contribution in [1.29, 1.82) is 0 Å². The van der Waals surface area contributed by atoms with Gasteiger partial charge in [0.15, 0.2) is 5.78 Å². The van der Waals surface area contributed by atoms with Gasteiger partial charge in [0.25, 0.3) is 0 Å². The average molecular weight is 209 g/mol. The lowest BCUT2D eigenvalue weighted by Crippen LogP contribution is -2.19. The summed E-state index contributed by atoms with van der Waals surface area (Å²) >= 11 is 0. The van der Waals surface area contributed by atoms with Crippen molar-refractivity contribution in [3.8, 4) is 0 Å². The van der Waals surface area contributed by atoms with Crippen LogP contribution in [0.4, 0.5) is 10.1 Å². The second-order valence-electron chi connectivity index (χ2n) is 3.60. The predicted octanol–water partition coefficient (Wildman–Crippen LogP) is 1.77. The van der Waals surface area contributed by atoms with Gasteiger partial charge in [-0.25, -0.2) is 4.39 Å². The highest BCUT2D eigenvalue weighted by Crippen LogP contribution is 2.19. The van der Waals surface area contributed by atoms with Gasteiger partial charge in [-0.05, 0) is 31.0 Å². The van der Waals surface area contributed by atoms with Crippen molar-refractivity contribution in [3.63, 3.8) is 0 Å². The Morgan fingerprint density at radius 3 is 2.93 bits per heavy atom. The van der Waals surface area contributed by atoms with Crippen LogP contribution in [0, 0.1) is 5.82 Å². The molecule has 1 saturated heterocycles. The van der Waals surface area contributed by atoms with Crippen LogP contribution in [0.3, 0.4) is 0 Å². The van der Waals surface area contributed by atoms with Crippen LogP contribution < -0.4 is 5.73 Å². The van der Waals surface area contributed by atoms with E-state index in [1.54, 1.807) is 0 Å². The molecule has 2 N–H and O–H groups in total. The van der Waals surface area contributed by atoms with Crippen molar-refractivity contribution in [2.75, 3.05) is 12.3 Å². The molecule has 0 aromatic heterocycles. The fourth-order valence-corrected chi connectivity index (χ4v) is 1.65. The normalized spacial score (nSPS) is 20.5. The zero-order valence-corrected chi connectivity index (χ0v) is 8.20. The molecule has 1 unspecified atom stereocenters. The molecule has 1 fully saturated rings. The third kappa shape index (κ3) is 1.99. The fraction of sp³-hybridized carbons (Fsp3) is 0.364. The Morgan fingerprint density at radius 2 is 2.33 bits per heavy atom. The molecule has 80 valence electrons. The lowest BCUT2D eigenvalue weighted by molar-refractivity contribution is 0.0642. The molecule has 4 heteroatoms. The number of hydrogen-bond donors (Lipinski definition) is 1. The Labute approximate surface area is 87.0 Å². The molecule has 0 saturated carbocycles. The van der Waals surface area contributed by atoms with E-state index in [1.165, 1.54) is 18.2 Å². The topological polar surface area (TPSA) is 52.3 Å². The Hall–Kier alpha value is -1.42. The van der Waals surface area contributed by atoms with Crippen LogP contribution in [0.15, 0.2) is 18.2 Å². The molecule has 0 spiro atoms. The lowest BCUT2D eigenvalue weighted by Gasteiger charge is -2.08. The Bertz CT molecular complexity index is 386. The largest absolute Gasteiger partial charge is 0.396 e. The summed E-state index contributed by atoms with van der Waals surface area (Å²) in [5.41, 5.74) is 5.71. The molecule has 1 aromatic carbocycles. The van der Waals surface area contributed by atoms with Crippen LogP contribution in [-0.2, 0) is 4.74 Å². The highest BCUT2D eigenvalue weighted by Gasteiger charge is 2.25. The maximum atomic E-state index is 13.1. The highest BCUT2D eigenvalue weighted by molar-refractivity contribution is 5.99. The quantitative estimate of drug-likeness (QED) is 0.596. The van der Waals surface area contributed by atoms with Gasteiger partial charge in [-0.3, -0.25) is 4.79 Å². The van der Waals surface area contributed by atoms with E-state index in [1.807, 2.05) is 0 Å². The maximum Gasteiger partial charge on any atom is 0.191 e. The zero-order valence-electron chi connectivity index (χ0n) is 8.20. The number of carbonyl (C=O) groups excluding carboxylic acids is 1. The first kappa shape index (κ1) is 10.1. The number of nitrogens with two attached hydrogens (primary N) is 1. The summed E-state index contributed by atoms with van der Waals surface area (Å²) in [7, 11) is 0. The summed E-state index contributed by atoms with van der Waals surface area (Å²) in [6.45, 7) is 0.605. The van der Waals surface area contributed by atoms with Gasteiger partial charge in [-0.15, -0.1) is 0 Å². The van der Waals surface area contributed by atoms with Gasteiger partial charge >= 0.3 is 0 Å². The highest BCUT2D eigenvalue weighted by atomic mass is 19.1. The molecular weight excluding hydrogens is 197 g/mol. The molecule has 0 aliphatic carbocycles. The number of carbonyl (C=O) groups is 1. The van der Waals surface area contributed by atoms with Crippen LogP contribution >= 0.6 is 0 Å². The molecule has 1 heterocycles. The van der Waals surface area contributed by atoms with Gasteiger partial charge in [-0.1, -0.05) is 0 Å². The third-order valence-electron chi connectivity index (χ3n) is 2.51. The monoisotopic (exact) mass is 209 g/mol. The summed E-state index contributed by atoms with van der Waals surface area (Å²) in [6.07, 6.45) is 1.19. The first-order valence-corrected chi connectivity index (χ1v) is 4.89. The number of halogens is 1. The van der Waals surface area contributed by atoms with Gasteiger partial charge in [0.2, 0.25) is 0 Å². The Balaban J connectivity index is 2.21. The molecule has 0 amide bonds. The van der Waals surface area contributed by atoms with E-state index in [4.69, 9.17) is 10.5 Å². The number of ether oxygens (including phenoxy) is 1. The minimum atomic E-state index is -0.557. The van der Waals surface area contributed by atoms with E-state index < -0.39 is 11.9 Å². The summed E-state index contributed by atoms with van der Waals surface area (Å²) < 4.78 is 18.3. The van der Waals surface area contributed by atoms with Gasteiger partial charge in [0.05, 0.1) is 5.69 Å². The summed E-state index contributed by atoms with van der Waals surface area (Å²) in [5.74, 6) is -0.717. The van der Waals surface area contributed by atoms with Crippen LogP contribution in [-0.4, -0.2) is 18.5 Å². The number of hydrogen-bond acceptors (Lipinski definition) is 3. The number of rotatable bonds is 2. The SMILES string of the molecule is Nc1ccc(C(=O)C2CCCO2)cc1F. The van der Waals surface area contributed by atoms with Gasteiger partial charge in [-0.2, -0.15) is 0 Å². The molecule has 2 rings (SSSR count). The molecule has 3 nitrogen and oxygen atoms in total. The van der Waals surface area contributed by atoms with E-state index in [0.717, 1.165) is 6.42 Å². The Morgan fingerprint density at radius 1 is 1.53 bits per heavy atom. The van der Waals surface area contributed by atoms with Crippen LogP contribution in [0.2, 0.25) is 0 Å². The number of Topliss-reactive ketones (excluding diaryl/α,β-unsaturated/α-hetero) is 1. The summed E-state index contributed by atoms with van der Waals surface area (Å²) in [4.78, 5) is 11.8. The predicted molar refractivity (Wildman–Crippen MR) is 54.1 cm³/mol. The first-order chi connectivity index (χ1) is 7.18. The van der Waals surface area contributed by atoms with E-state index in [2.05, 4.69) is 0 Å². The third-order valence-corrected chi connectivity index (χ3v) is 2.51. The number of benzene rings is 1. The van der Waals surface area contributed by atoms with E-state index in [9.17, 15) is 9.18 Å². The minimum Gasteiger partial charge on any atom is -0.396 e. The first-order valence-electron chi connectivity index (χ1n) is 4.89. The summed E-state index contributed by atoms with van der Waals surface area (Å²) in [6, 6.07) is 4.10. The average Bonchev–Trinajstić information content (AvgIpc) is 2.74. The molecule has 15 heavy (non-hydrogen) atoms. The molecule has 1 aliphatic heterocycles. The number of nitrogen functional groups attached to an aromatic ring is 1. The second-order valence-corrected chi connectivity index (χ2v) is 3.60. The fourth-order valence-electron chi connectivity index (χ4n) is 1.65. The van der Waals surface area contributed by atoms with E-state index in [0.29, 0.717) is 18.6 Å². The maximum absolute atomic E-state index is 13.1. The minimum absolute atomic E-state index is 0.0545. The number of ketones is 1. The van der Waals surface area contributed by atoms with Crippen molar-refractivity contribution in [2.45, 2.75) is 18.9 Å². The van der Waals surface area contributed by atoms with Crippen molar-refractivity contribution in [1.82, 2.24) is 0 Å². The van der Waals surface area contributed by atoms with Crippen LogP contribution in [0.25, 0.3) is 0 Å². The molecule has 1 aliphatic rings.